The quantitative estimate of drug-likeness (QED) is 0.796. The van der Waals surface area contributed by atoms with Gasteiger partial charge in [-0.05, 0) is 36.7 Å². The van der Waals surface area contributed by atoms with Crippen LogP contribution in [0, 0.1) is 0 Å². The van der Waals surface area contributed by atoms with Gasteiger partial charge in [-0.3, -0.25) is 0 Å². The highest BCUT2D eigenvalue weighted by Gasteiger charge is 2.23. The van der Waals surface area contributed by atoms with Crippen LogP contribution in [0.15, 0.2) is 23.1 Å². The predicted molar refractivity (Wildman–Crippen MR) is 85.3 cm³/mol. The van der Waals surface area contributed by atoms with E-state index in [1.807, 2.05) is 6.92 Å². The number of benzene rings is 1. The number of nitrogens with one attached hydrogen (secondary N) is 1. The van der Waals surface area contributed by atoms with Crippen molar-refractivity contribution in [3.8, 4) is 5.75 Å². The molecular weight excluding hydrogens is 288 g/mol. The first-order valence-electron chi connectivity index (χ1n) is 7.19. The smallest absolute Gasteiger partial charge is 0.243 e. The van der Waals surface area contributed by atoms with Gasteiger partial charge in [0.25, 0.3) is 0 Å². The summed E-state index contributed by atoms with van der Waals surface area (Å²) in [5, 5.41) is 3.30. The fraction of sp³-hybridized carbons (Fsp3) is 0.600. The zero-order chi connectivity index (χ0) is 16.0. The highest BCUT2D eigenvalue weighted by atomic mass is 32.2. The van der Waals surface area contributed by atoms with Crippen LogP contribution in [0.3, 0.4) is 0 Å². The van der Waals surface area contributed by atoms with E-state index in [4.69, 9.17) is 4.74 Å². The molecule has 0 aliphatic carbocycles. The molecule has 0 saturated carbocycles. The minimum atomic E-state index is -3.45. The molecule has 0 aromatic heterocycles. The van der Waals surface area contributed by atoms with E-state index in [1.165, 1.54) is 4.31 Å². The average Bonchev–Trinajstić information content (AvgIpc) is 2.45. The number of nitrogens with zero attached hydrogens (tertiary/aromatic N) is 1. The molecule has 6 heteroatoms. The third kappa shape index (κ3) is 4.69. The Morgan fingerprint density at radius 3 is 2.52 bits per heavy atom. The van der Waals surface area contributed by atoms with Gasteiger partial charge in [0.05, 0.1) is 12.0 Å². The van der Waals surface area contributed by atoms with Crippen molar-refractivity contribution in [1.29, 1.82) is 0 Å². The molecule has 1 aromatic carbocycles. The van der Waals surface area contributed by atoms with Crippen LogP contribution in [-0.4, -0.2) is 46.0 Å². The first-order chi connectivity index (χ1) is 9.82. The van der Waals surface area contributed by atoms with Crippen LogP contribution in [0.1, 0.15) is 26.3 Å². The van der Waals surface area contributed by atoms with E-state index >= 15 is 0 Å². The standard InChI is InChI=1S/C15H26N2O3S/c1-6-17(4)21(18,19)15-8-7-14(20-5)11-13(15)9-10-16-12(2)3/h7-8,11-12,16H,6,9-10H2,1-5H3. The predicted octanol–water partition coefficient (Wildman–Crippen LogP) is 1.88. The Kier molecular flexibility index (Phi) is 6.64. The molecular formula is C15H26N2O3S. The van der Waals surface area contributed by atoms with Gasteiger partial charge in [-0.25, -0.2) is 12.7 Å². The number of rotatable bonds is 8. The van der Waals surface area contributed by atoms with Gasteiger partial charge < -0.3 is 10.1 Å². The van der Waals surface area contributed by atoms with Crippen molar-refractivity contribution in [1.82, 2.24) is 9.62 Å². The van der Waals surface area contributed by atoms with Crippen LogP contribution < -0.4 is 10.1 Å². The molecule has 0 amide bonds. The largest absolute Gasteiger partial charge is 0.497 e. The molecule has 0 saturated heterocycles. The molecule has 0 spiro atoms. The van der Waals surface area contributed by atoms with Gasteiger partial charge >= 0.3 is 0 Å². The van der Waals surface area contributed by atoms with Crippen LogP contribution in [-0.2, 0) is 16.4 Å². The zero-order valence-corrected chi connectivity index (χ0v) is 14.3. The zero-order valence-electron chi connectivity index (χ0n) is 13.5. The number of sulfonamides is 1. The molecule has 0 heterocycles. The SMILES string of the molecule is CCN(C)S(=O)(=O)c1ccc(OC)cc1CCNC(C)C. The second-order valence-corrected chi connectivity index (χ2v) is 7.26. The molecule has 0 aliphatic heterocycles. The second kappa shape index (κ2) is 7.77. The first kappa shape index (κ1) is 17.9. The summed E-state index contributed by atoms with van der Waals surface area (Å²) in [5.74, 6) is 0.674. The summed E-state index contributed by atoms with van der Waals surface area (Å²) in [4.78, 5) is 0.359. The van der Waals surface area contributed by atoms with Gasteiger partial charge in [-0.15, -0.1) is 0 Å². The van der Waals surface area contributed by atoms with Crippen LogP contribution in [0.4, 0.5) is 0 Å². The highest BCUT2D eigenvalue weighted by Crippen LogP contribution is 2.24. The summed E-state index contributed by atoms with van der Waals surface area (Å²) in [6, 6.07) is 5.49. The molecule has 1 rings (SSSR count). The van der Waals surface area contributed by atoms with E-state index in [2.05, 4.69) is 19.2 Å². The van der Waals surface area contributed by atoms with Crippen LogP contribution in [0.5, 0.6) is 5.75 Å². The second-order valence-electron chi connectivity index (χ2n) is 5.25. The molecule has 0 unspecified atom stereocenters. The molecule has 120 valence electrons. The minimum absolute atomic E-state index is 0.359. The number of methoxy groups -OCH3 is 1. The minimum Gasteiger partial charge on any atom is -0.497 e. The summed E-state index contributed by atoms with van der Waals surface area (Å²) in [5.41, 5.74) is 0.780. The number of ether oxygens (including phenoxy) is 1. The Hall–Kier alpha value is -1.11. The molecule has 5 nitrogen and oxygen atoms in total. The summed E-state index contributed by atoms with van der Waals surface area (Å²) < 4.78 is 31.7. The Balaban J connectivity index is 3.13. The van der Waals surface area contributed by atoms with E-state index in [0.717, 1.165) is 12.1 Å². The maximum atomic E-state index is 12.5. The molecule has 1 N–H and O–H groups in total. The molecule has 0 fully saturated rings. The molecule has 0 aliphatic rings. The summed E-state index contributed by atoms with van der Waals surface area (Å²) in [7, 11) is -0.271. The van der Waals surface area contributed by atoms with E-state index in [1.54, 1.807) is 32.4 Å². The Bertz CT molecular complexity index is 556. The lowest BCUT2D eigenvalue weighted by atomic mass is 10.1. The van der Waals surface area contributed by atoms with Gasteiger partial charge in [-0.2, -0.15) is 0 Å². The van der Waals surface area contributed by atoms with Gasteiger partial charge in [0.2, 0.25) is 10.0 Å². The van der Waals surface area contributed by atoms with Crippen LogP contribution in [0.25, 0.3) is 0 Å². The lowest BCUT2D eigenvalue weighted by Crippen LogP contribution is -2.29. The van der Waals surface area contributed by atoms with Gasteiger partial charge in [0.15, 0.2) is 0 Å². The fourth-order valence-corrected chi connectivity index (χ4v) is 3.37. The van der Waals surface area contributed by atoms with Crippen molar-refractivity contribution in [2.75, 3.05) is 27.2 Å². The summed E-state index contributed by atoms with van der Waals surface area (Å²) in [6.07, 6.45) is 0.640. The van der Waals surface area contributed by atoms with Crippen LogP contribution in [0.2, 0.25) is 0 Å². The van der Waals surface area contributed by atoms with E-state index in [0.29, 0.717) is 29.7 Å². The number of hydrogen-bond donors (Lipinski definition) is 1. The highest BCUT2D eigenvalue weighted by molar-refractivity contribution is 7.89. The summed E-state index contributed by atoms with van der Waals surface area (Å²) >= 11 is 0. The molecule has 0 radical (unpaired) electrons. The third-order valence-electron chi connectivity index (χ3n) is 3.35. The van der Waals surface area contributed by atoms with Crippen molar-refractivity contribution >= 4 is 10.0 Å². The lowest BCUT2D eigenvalue weighted by molar-refractivity contribution is 0.413. The van der Waals surface area contributed by atoms with Crippen molar-refractivity contribution in [3.63, 3.8) is 0 Å². The van der Waals surface area contributed by atoms with Gasteiger partial charge in [-0.1, -0.05) is 20.8 Å². The van der Waals surface area contributed by atoms with Crippen LogP contribution >= 0.6 is 0 Å². The van der Waals surface area contributed by atoms with E-state index in [-0.39, 0.29) is 0 Å². The Labute approximate surface area is 128 Å². The van der Waals surface area contributed by atoms with Crippen molar-refractivity contribution in [2.45, 2.75) is 38.1 Å². The Morgan fingerprint density at radius 2 is 2.00 bits per heavy atom. The van der Waals surface area contributed by atoms with Gasteiger partial charge in [0, 0.05) is 19.6 Å². The normalized spacial score (nSPS) is 12.1. The Morgan fingerprint density at radius 1 is 1.33 bits per heavy atom. The van der Waals surface area contributed by atoms with E-state index < -0.39 is 10.0 Å². The third-order valence-corrected chi connectivity index (χ3v) is 5.38. The molecule has 21 heavy (non-hydrogen) atoms. The fourth-order valence-electron chi connectivity index (χ4n) is 1.96. The maximum absolute atomic E-state index is 12.5. The van der Waals surface area contributed by atoms with Crippen molar-refractivity contribution in [2.24, 2.45) is 0 Å². The number of hydrogen-bond acceptors (Lipinski definition) is 4. The van der Waals surface area contributed by atoms with Crippen molar-refractivity contribution in [3.05, 3.63) is 23.8 Å². The van der Waals surface area contributed by atoms with E-state index in [9.17, 15) is 8.42 Å². The van der Waals surface area contributed by atoms with Gasteiger partial charge in [0.1, 0.15) is 5.75 Å². The maximum Gasteiger partial charge on any atom is 0.243 e. The lowest BCUT2D eigenvalue weighted by Gasteiger charge is -2.18. The molecule has 0 bridgehead atoms. The first-order valence-corrected chi connectivity index (χ1v) is 8.63. The summed E-state index contributed by atoms with van der Waals surface area (Å²) in [6.45, 7) is 7.12. The van der Waals surface area contributed by atoms with Crippen molar-refractivity contribution < 1.29 is 13.2 Å². The molecule has 1 aromatic rings. The topological polar surface area (TPSA) is 58.6 Å². The monoisotopic (exact) mass is 314 g/mol. The average molecular weight is 314 g/mol. The molecule has 0 atom stereocenters.